The average molecular weight is 624 g/mol. The molecule has 0 bridgehead atoms. The van der Waals surface area contributed by atoms with Crippen LogP contribution in [0.15, 0.2) is 35.9 Å². The van der Waals surface area contributed by atoms with E-state index in [2.05, 4.69) is 5.32 Å². The van der Waals surface area contributed by atoms with E-state index in [1.807, 2.05) is 29.5 Å². The van der Waals surface area contributed by atoms with E-state index in [1.54, 1.807) is 24.3 Å². The Labute approximate surface area is 226 Å². The minimum atomic E-state index is -1.15. The first-order chi connectivity index (χ1) is 17.7. The number of carboxylic acid groups (broad SMARTS) is 1. The molecule has 1 aliphatic rings. The number of nitrogens with zero attached hydrogens (tertiary/aromatic N) is 1. The molecule has 0 spiro atoms. The first kappa shape index (κ1) is 27.8. The molecule has 2 aromatic carbocycles. The summed E-state index contributed by atoms with van der Waals surface area (Å²) in [7, 11) is 2.87. The number of benzene rings is 2. The molecule has 0 unspecified atom stereocenters. The van der Waals surface area contributed by atoms with E-state index in [1.165, 1.54) is 26.4 Å². The first-order valence-corrected chi connectivity index (χ1v) is 12.2. The Bertz CT molecular complexity index is 1260. The minimum Gasteiger partial charge on any atom is -0.493 e. The average Bonchev–Trinajstić information content (AvgIpc) is 2.86. The molecule has 37 heavy (non-hydrogen) atoms. The van der Waals surface area contributed by atoms with Crippen molar-refractivity contribution in [3.05, 3.63) is 50.6 Å². The Balaban J connectivity index is 1.89. The number of methoxy groups -OCH3 is 2. The van der Waals surface area contributed by atoms with Gasteiger partial charge in [-0.2, -0.15) is 0 Å². The van der Waals surface area contributed by atoms with Crippen molar-refractivity contribution in [1.82, 2.24) is 10.2 Å². The molecule has 1 aliphatic heterocycles. The number of urea groups is 1. The molecule has 11 nitrogen and oxygen atoms in total. The van der Waals surface area contributed by atoms with Gasteiger partial charge in [-0.25, -0.2) is 9.59 Å². The lowest BCUT2D eigenvalue weighted by Crippen LogP contribution is -2.53. The van der Waals surface area contributed by atoms with E-state index in [0.29, 0.717) is 32.8 Å². The summed E-state index contributed by atoms with van der Waals surface area (Å²) in [5, 5.41) is 11.1. The van der Waals surface area contributed by atoms with Gasteiger partial charge in [-0.1, -0.05) is 13.0 Å². The number of carboxylic acids is 1. The molecule has 0 saturated carbocycles. The van der Waals surface area contributed by atoms with Gasteiger partial charge in [-0.05, 0) is 70.5 Å². The van der Waals surface area contributed by atoms with E-state index < -0.39 is 30.4 Å². The number of hydrogen-bond acceptors (Lipinski definition) is 8. The van der Waals surface area contributed by atoms with Crippen LogP contribution in [-0.2, 0) is 20.9 Å². The lowest BCUT2D eigenvalue weighted by atomic mass is 10.1. The van der Waals surface area contributed by atoms with Crippen molar-refractivity contribution in [3.63, 3.8) is 0 Å². The summed E-state index contributed by atoms with van der Waals surface area (Å²) in [6.07, 6.45) is 2.14. The van der Waals surface area contributed by atoms with Gasteiger partial charge in [0.2, 0.25) is 0 Å². The van der Waals surface area contributed by atoms with Crippen molar-refractivity contribution in [1.29, 1.82) is 0 Å². The first-order valence-electron chi connectivity index (χ1n) is 11.1. The van der Waals surface area contributed by atoms with Crippen LogP contribution in [0.5, 0.6) is 23.0 Å². The number of hydrogen-bond donors (Lipinski definition) is 2. The summed E-state index contributed by atoms with van der Waals surface area (Å²) < 4.78 is 22.1. The number of ether oxygens (including phenoxy) is 4. The van der Waals surface area contributed by atoms with Gasteiger partial charge in [0.25, 0.3) is 11.8 Å². The lowest BCUT2D eigenvalue weighted by molar-refractivity contribution is -0.139. The maximum absolute atomic E-state index is 13.2. The van der Waals surface area contributed by atoms with E-state index >= 15 is 0 Å². The third-order valence-corrected chi connectivity index (χ3v) is 5.92. The smallest absolute Gasteiger partial charge is 0.341 e. The molecule has 196 valence electrons. The highest BCUT2D eigenvalue weighted by atomic mass is 127. The SMILES string of the molecule is CCCOc1ccc(CN2C(=O)NC(=O)/C(=C\c3cc(I)c(OCC(=O)O)c(OC)c3)C2=O)cc1OC. The Hall–Kier alpha value is -3.81. The third kappa shape index (κ3) is 6.70. The second-order valence-electron chi connectivity index (χ2n) is 7.76. The summed E-state index contributed by atoms with van der Waals surface area (Å²) in [5.74, 6) is -1.35. The van der Waals surface area contributed by atoms with Crippen LogP contribution in [0.1, 0.15) is 24.5 Å². The fourth-order valence-corrected chi connectivity index (χ4v) is 4.21. The molecule has 3 rings (SSSR count). The van der Waals surface area contributed by atoms with Gasteiger partial charge in [-0.3, -0.25) is 19.8 Å². The summed E-state index contributed by atoms with van der Waals surface area (Å²) in [6.45, 7) is 1.81. The standard InChI is InChI=1S/C25H25IN2O9/c1-4-7-36-18-6-5-14(10-19(18)34-2)12-28-24(32)16(23(31)27-25(28)33)8-15-9-17(26)22(20(11-15)35-3)37-13-21(29)30/h5-6,8-11H,4,7,12-13H2,1-3H3,(H,29,30)(H,27,31,33)/b16-8+. The number of carbonyl (C=O) groups is 4. The summed E-state index contributed by atoms with van der Waals surface area (Å²) in [5.41, 5.74) is 0.747. The zero-order chi connectivity index (χ0) is 27.1. The number of imide groups is 2. The van der Waals surface area contributed by atoms with Crippen LogP contribution in [0.3, 0.4) is 0 Å². The predicted octanol–water partition coefficient (Wildman–Crippen LogP) is 3.22. The second-order valence-corrected chi connectivity index (χ2v) is 8.92. The van der Waals surface area contributed by atoms with Crippen molar-refractivity contribution in [2.75, 3.05) is 27.4 Å². The van der Waals surface area contributed by atoms with Gasteiger partial charge in [0, 0.05) is 0 Å². The normalized spacial score (nSPS) is 14.4. The molecule has 1 saturated heterocycles. The van der Waals surface area contributed by atoms with Gasteiger partial charge in [0.15, 0.2) is 29.6 Å². The van der Waals surface area contributed by atoms with Crippen molar-refractivity contribution in [3.8, 4) is 23.0 Å². The number of rotatable bonds is 11. The molecule has 2 N–H and O–H groups in total. The fraction of sp³-hybridized carbons (Fsp3) is 0.280. The number of aliphatic carboxylic acids is 1. The third-order valence-electron chi connectivity index (χ3n) is 5.12. The van der Waals surface area contributed by atoms with Crippen molar-refractivity contribution >= 4 is 52.5 Å². The molecular weight excluding hydrogens is 599 g/mol. The maximum Gasteiger partial charge on any atom is 0.341 e. The van der Waals surface area contributed by atoms with E-state index in [0.717, 1.165) is 11.3 Å². The predicted molar refractivity (Wildman–Crippen MR) is 140 cm³/mol. The molecule has 12 heteroatoms. The quantitative estimate of drug-likeness (QED) is 0.219. The molecule has 0 atom stereocenters. The van der Waals surface area contributed by atoms with Crippen LogP contribution in [0.25, 0.3) is 6.08 Å². The highest BCUT2D eigenvalue weighted by molar-refractivity contribution is 14.1. The molecule has 0 aliphatic carbocycles. The Morgan fingerprint density at radius 2 is 1.78 bits per heavy atom. The molecule has 2 aromatic rings. The molecule has 0 aromatic heterocycles. The van der Waals surface area contributed by atoms with Crippen LogP contribution in [-0.4, -0.2) is 61.3 Å². The van der Waals surface area contributed by atoms with Gasteiger partial charge in [0.1, 0.15) is 5.57 Å². The Morgan fingerprint density at radius 3 is 2.43 bits per heavy atom. The van der Waals surface area contributed by atoms with Crippen LogP contribution >= 0.6 is 22.6 Å². The van der Waals surface area contributed by atoms with Crippen molar-refractivity contribution < 1.29 is 43.2 Å². The monoisotopic (exact) mass is 624 g/mol. The van der Waals surface area contributed by atoms with Crippen LogP contribution in [0.2, 0.25) is 0 Å². The van der Waals surface area contributed by atoms with Gasteiger partial charge in [-0.15, -0.1) is 0 Å². The number of carbonyl (C=O) groups excluding carboxylic acids is 3. The molecule has 4 amide bonds. The lowest BCUT2D eigenvalue weighted by Gasteiger charge is -2.26. The fourth-order valence-electron chi connectivity index (χ4n) is 3.43. The zero-order valence-electron chi connectivity index (χ0n) is 20.3. The summed E-state index contributed by atoms with van der Waals surface area (Å²) in [4.78, 5) is 50.0. The topological polar surface area (TPSA) is 141 Å². The number of amides is 4. The zero-order valence-corrected chi connectivity index (χ0v) is 22.5. The summed E-state index contributed by atoms with van der Waals surface area (Å²) >= 11 is 1.93. The molecular formula is C25H25IN2O9. The molecule has 0 radical (unpaired) electrons. The van der Waals surface area contributed by atoms with Crippen LogP contribution in [0, 0.1) is 3.57 Å². The Morgan fingerprint density at radius 1 is 1.05 bits per heavy atom. The molecule has 1 heterocycles. The van der Waals surface area contributed by atoms with Crippen LogP contribution < -0.4 is 24.3 Å². The largest absolute Gasteiger partial charge is 0.493 e. The number of barbiturate groups is 1. The van der Waals surface area contributed by atoms with Crippen molar-refractivity contribution in [2.24, 2.45) is 0 Å². The van der Waals surface area contributed by atoms with Gasteiger partial charge < -0.3 is 24.1 Å². The number of nitrogens with one attached hydrogen (secondary N) is 1. The van der Waals surface area contributed by atoms with E-state index in [-0.39, 0.29) is 23.6 Å². The highest BCUT2D eigenvalue weighted by Gasteiger charge is 2.36. The van der Waals surface area contributed by atoms with Gasteiger partial charge >= 0.3 is 12.0 Å². The van der Waals surface area contributed by atoms with E-state index in [4.69, 9.17) is 24.1 Å². The molecule has 1 fully saturated rings. The minimum absolute atomic E-state index is 0.109. The van der Waals surface area contributed by atoms with Crippen LogP contribution in [0.4, 0.5) is 4.79 Å². The maximum atomic E-state index is 13.2. The van der Waals surface area contributed by atoms with Gasteiger partial charge in [0.05, 0.1) is 30.9 Å². The number of halogens is 1. The van der Waals surface area contributed by atoms with E-state index in [9.17, 15) is 19.2 Å². The van der Waals surface area contributed by atoms with Crippen molar-refractivity contribution in [2.45, 2.75) is 19.9 Å². The highest BCUT2D eigenvalue weighted by Crippen LogP contribution is 2.35. The Kier molecular flexibility index (Phi) is 9.33. The summed E-state index contributed by atoms with van der Waals surface area (Å²) in [6, 6.07) is 7.30. The second kappa shape index (κ2) is 12.4.